The van der Waals surface area contributed by atoms with E-state index in [0.29, 0.717) is 35.0 Å². The van der Waals surface area contributed by atoms with Crippen LogP contribution in [0.2, 0.25) is 0 Å². The first-order chi connectivity index (χ1) is 13.7. The lowest BCUT2D eigenvalue weighted by Gasteiger charge is -2.07. The summed E-state index contributed by atoms with van der Waals surface area (Å²) in [7, 11) is 0. The molecule has 1 aliphatic rings. The molecule has 1 amide bonds. The quantitative estimate of drug-likeness (QED) is 0.620. The van der Waals surface area contributed by atoms with Crippen LogP contribution in [0.25, 0.3) is 11.5 Å². The molecule has 0 saturated heterocycles. The fourth-order valence-corrected chi connectivity index (χ4v) is 2.65. The first kappa shape index (κ1) is 17.8. The molecule has 0 bridgehead atoms. The van der Waals surface area contributed by atoms with E-state index in [0.717, 1.165) is 12.8 Å². The van der Waals surface area contributed by atoms with Crippen molar-refractivity contribution in [1.29, 1.82) is 0 Å². The van der Waals surface area contributed by atoms with E-state index in [4.69, 9.17) is 18.6 Å². The average molecular weight is 381 g/mol. The summed E-state index contributed by atoms with van der Waals surface area (Å²) >= 11 is 0. The van der Waals surface area contributed by atoms with Crippen LogP contribution in [0.5, 0.6) is 17.2 Å². The van der Waals surface area contributed by atoms with Crippen LogP contribution in [0.4, 0.5) is 6.01 Å². The van der Waals surface area contributed by atoms with E-state index in [1.54, 1.807) is 36.4 Å². The number of fused-ring (bicyclic) bond motifs is 1. The lowest BCUT2D eigenvalue weighted by atomic mass is 10.2. The molecule has 0 atom stereocenters. The number of hydrogen-bond donors (Lipinski definition) is 1. The van der Waals surface area contributed by atoms with Crippen molar-refractivity contribution in [3.05, 3.63) is 48.0 Å². The summed E-state index contributed by atoms with van der Waals surface area (Å²) < 4.78 is 21.8. The highest BCUT2D eigenvalue weighted by atomic mass is 16.7. The molecular weight excluding hydrogens is 362 g/mol. The van der Waals surface area contributed by atoms with Crippen molar-refractivity contribution in [2.45, 2.75) is 19.8 Å². The highest BCUT2D eigenvalue weighted by Gasteiger charge is 2.18. The van der Waals surface area contributed by atoms with Crippen LogP contribution in [-0.4, -0.2) is 29.5 Å². The zero-order chi connectivity index (χ0) is 19.3. The summed E-state index contributed by atoms with van der Waals surface area (Å²) in [5.41, 5.74) is 1.11. The summed E-state index contributed by atoms with van der Waals surface area (Å²) in [6.45, 7) is 2.89. The van der Waals surface area contributed by atoms with Gasteiger partial charge < -0.3 is 18.6 Å². The van der Waals surface area contributed by atoms with Crippen molar-refractivity contribution in [2.75, 3.05) is 18.7 Å². The van der Waals surface area contributed by atoms with Crippen LogP contribution in [-0.2, 0) is 0 Å². The molecule has 1 aliphatic heterocycles. The van der Waals surface area contributed by atoms with Crippen LogP contribution in [0.15, 0.2) is 46.9 Å². The second kappa shape index (κ2) is 7.99. The van der Waals surface area contributed by atoms with E-state index in [-0.39, 0.29) is 24.6 Å². The topological polar surface area (TPSA) is 95.7 Å². The van der Waals surface area contributed by atoms with Gasteiger partial charge in [-0.05, 0) is 42.8 Å². The van der Waals surface area contributed by atoms with Gasteiger partial charge in [-0.15, -0.1) is 5.10 Å². The lowest BCUT2D eigenvalue weighted by Crippen LogP contribution is -2.12. The minimum absolute atomic E-state index is 0.00923. The van der Waals surface area contributed by atoms with Crippen molar-refractivity contribution in [3.63, 3.8) is 0 Å². The van der Waals surface area contributed by atoms with Gasteiger partial charge in [-0.1, -0.05) is 24.5 Å². The Labute approximate surface area is 161 Å². The maximum absolute atomic E-state index is 12.5. The van der Waals surface area contributed by atoms with Crippen LogP contribution >= 0.6 is 0 Å². The summed E-state index contributed by atoms with van der Waals surface area (Å²) in [4.78, 5) is 12.5. The van der Waals surface area contributed by atoms with Crippen molar-refractivity contribution in [3.8, 4) is 28.7 Å². The molecule has 0 fully saturated rings. The number of hydrogen-bond acceptors (Lipinski definition) is 7. The maximum Gasteiger partial charge on any atom is 0.322 e. The van der Waals surface area contributed by atoms with Crippen molar-refractivity contribution < 1.29 is 23.4 Å². The van der Waals surface area contributed by atoms with E-state index >= 15 is 0 Å². The number of nitrogens with zero attached hydrogens (tertiary/aromatic N) is 2. The normalized spacial score (nSPS) is 12.0. The number of ether oxygens (including phenoxy) is 3. The van der Waals surface area contributed by atoms with Crippen molar-refractivity contribution in [2.24, 2.45) is 0 Å². The molecule has 8 heteroatoms. The monoisotopic (exact) mass is 381 g/mol. The molecule has 144 valence electrons. The Hall–Kier alpha value is -3.55. The third-order valence-electron chi connectivity index (χ3n) is 4.13. The minimum atomic E-state index is -0.359. The Balaban J connectivity index is 1.44. The van der Waals surface area contributed by atoms with Gasteiger partial charge in [0.25, 0.3) is 5.91 Å². The van der Waals surface area contributed by atoms with Crippen LogP contribution < -0.4 is 19.5 Å². The molecule has 3 aromatic rings. The number of unbranched alkanes of at least 4 members (excludes halogenated alkanes) is 1. The predicted molar refractivity (Wildman–Crippen MR) is 101 cm³/mol. The highest BCUT2D eigenvalue weighted by molar-refractivity contribution is 6.03. The first-order valence-electron chi connectivity index (χ1n) is 9.00. The predicted octanol–water partition coefficient (Wildman–Crippen LogP) is 3.90. The van der Waals surface area contributed by atoms with Crippen molar-refractivity contribution >= 4 is 11.9 Å². The van der Waals surface area contributed by atoms with E-state index in [9.17, 15) is 4.79 Å². The first-order valence-corrected chi connectivity index (χ1v) is 9.00. The number of benzene rings is 2. The molecule has 0 aliphatic carbocycles. The van der Waals surface area contributed by atoms with Gasteiger partial charge in [0.1, 0.15) is 5.75 Å². The summed E-state index contributed by atoms with van der Waals surface area (Å²) in [6, 6.07) is 12.3. The highest BCUT2D eigenvalue weighted by Crippen LogP contribution is 2.35. The van der Waals surface area contributed by atoms with E-state index < -0.39 is 0 Å². The molecule has 2 aromatic carbocycles. The fourth-order valence-electron chi connectivity index (χ4n) is 2.65. The third-order valence-corrected chi connectivity index (χ3v) is 4.13. The van der Waals surface area contributed by atoms with Gasteiger partial charge in [-0.25, -0.2) is 0 Å². The molecule has 4 rings (SSSR count). The Bertz CT molecular complexity index is 985. The third kappa shape index (κ3) is 3.90. The Kier molecular flexibility index (Phi) is 5.09. The second-order valence-corrected chi connectivity index (χ2v) is 6.16. The van der Waals surface area contributed by atoms with Crippen LogP contribution in [0.3, 0.4) is 0 Å². The average Bonchev–Trinajstić information content (AvgIpc) is 3.37. The molecule has 0 radical (unpaired) electrons. The second-order valence-electron chi connectivity index (χ2n) is 6.16. The zero-order valence-electron chi connectivity index (χ0n) is 15.3. The zero-order valence-corrected chi connectivity index (χ0v) is 15.3. The number of carbonyl (C=O) groups is 1. The van der Waals surface area contributed by atoms with Crippen LogP contribution in [0, 0.1) is 0 Å². The van der Waals surface area contributed by atoms with E-state index in [1.165, 1.54) is 0 Å². The Morgan fingerprint density at radius 2 is 2.04 bits per heavy atom. The Morgan fingerprint density at radius 3 is 2.93 bits per heavy atom. The molecular formula is C20H19N3O5. The summed E-state index contributed by atoms with van der Waals surface area (Å²) in [5, 5.41) is 10.5. The SMILES string of the molecule is CCCCOc1cccc(C(=O)Nc2nnc(-c3ccc4c(c3)OCO4)o2)c1. The van der Waals surface area contributed by atoms with Gasteiger partial charge in [-0.3, -0.25) is 10.1 Å². The molecule has 2 heterocycles. The molecule has 0 unspecified atom stereocenters. The Morgan fingerprint density at radius 1 is 1.14 bits per heavy atom. The molecule has 1 N–H and O–H groups in total. The molecule has 1 aromatic heterocycles. The molecule has 0 spiro atoms. The maximum atomic E-state index is 12.5. The van der Waals surface area contributed by atoms with Gasteiger partial charge in [0.05, 0.1) is 6.61 Å². The van der Waals surface area contributed by atoms with E-state index in [2.05, 4.69) is 22.4 Å². The van der Waals surface area contributed by atoms with Gasteiger partial charge in [-0.2, -0.15) is 0 Å². The fraction of sp³-hybridized carbons (Fsp3) is 0.250. The summed E-state index contributed by atoms with van der Waals surface area (Å²) in [6.07, 6.45) is 2.00. The molecule has 8 nitrogen and oxygen atoms in total. The number of amides is 1. The van der Waals surface area contributed by atoms with E-state index in [1.807, 2.05) is 6.07 Å². The number of rotatable bonds is 7. The lowest BCUT2D eigenvalue weighted by molar-refractivity contribution is 0.102. The number of anilines is 1. The largest absolute Gasteiger partial charge is 0.494 e. The number of carbonyl (C=O) groups excluding carboxylic acids is 1. The standard InChI is InChI=1S/C20H19N3O5/c1-2-3-9-25-15-6-4-5-13(10-15)18(24)21-20-23-22-19(28-20)14-7-8-16-17(11-14)27-12-26-16/h4-8,10-11H,2-3,9,12H2,1H3,(H,21,23,24). The van der Waals surface area contributed by atoms with Crippen LogP contribution in [0.1, 0.15) is 30.1 Å². The van der Waals surface area contributed by atoms with Gasteiger partial charge in [0.15, 0.2) is 11.5 Å². The van der Waals surface area contributed by atoms with Gasteiger partial charge >= 0.3 is 6.01 Å². The van der Waals surface area contributed by atoms with Gasteiger partial charge in [0, 0.05) is 11.1 Å². The molecule has 0 saturated carbocycles. The number of nitrogens with one attached hydrogen (secondary N) is 1. The minimum Gasteiger partial charge on any atom is -0.494 e. The van der Waals surface area contributed by atoms with Gasteiger partial charge in [0.2, 0.25) is 12.7 Å². The molecule has 28 heavy (non-hydrogen) atoms. The summed E-state index contributed by atoms with van der Waals surface area (Å²) in [5.74, 6) is 1.83. The smallest absolute Gasteiger partial charge is 0.322 e. The van der Waals surface area contributed by atoms with Crippen molar-refractivity contribution in [1.82, 2.24) is 10.2 Å². The number of aromatic nitrogens is 2.